The Morgan fingerprint density at radius 3 is 2.65 bits per heavy atom. The molecule has 0 aliphatic rings. The first-order valence-electron chi connectivity index (χ1n) is 5.09. The Labute approximate surface area is 103 Å². The molecule has 0 saturated heterocycles. The molecular formula is C12H11FN2OS. The third-order valence-corrected chi connectivity index (χ3v) is 3.15. The van der Waals surface area contributed by atoms with Crippen LogP contribution in [0.4, 0.5) is 4.39 Å². The van der Waals surface area contributed by atoms with Gasteiger partial charge in [0.25, 0.3) is 0 Å². The molecule has 17 heavy (non-hydrogen) atoms. The minimum absolute atomic E-state index is 0.362. The van der Waals surface area contributed by atoms with Crippen molar-refractivity contribution in [1.82, 2.24) is 9.97 Å². The number of halogens is 1. The maximum atomic E-state index is 13.1. The van der Waals surface area contributed by atoms with Gasteiger partial charge in [-0.15, -0.1) is 0 Å². The number of aliphatic hydroxyl groups is 1. The fourth-order valence-electron chi connectivity index (χ4n) is 1.38. The second-order valence-electron chi connectivity index (χ2n) is 3.49. The van der Waals surface area contributed by atoms with Crippen LogP contribution in [0.1, 0.15) is 18.6 Å². The van der Waals surface area contributed by atoms with E-state index in [1.807, 2.05) is 0 Å². The van der Waals surface area contributed by atoms with Crippen molar-refractivity contribution in [3.8, 4) is 0 Å². The molecule has 0 saturated carbocycles. The molecule has 1 N–H and O–H groups in total. The molecular weight excluding hydrogens is 239 g/mol. The highest BCUT2D eigenvalue weighted by Gasteiger charge is 2.11. The lowest BCUT2D eigenvalue weighted by atomic mass is 10.1. The molecule has 0 unspecified atom stereocenters. The van der Waals surface area contributed by atoms with Crippen LogP contribution in [0.5, 0.6) is 0 Å². The summed E-state index contributed by atoms with van der Waals surface area (Å²) >= 11 is 1.30. The molecule has 0 aliphatic carbocycles. The zero-order valence-corrected chi connectivity index (χ0v) is 9.99. The average molecular weight is 250 g/mol. The maximum absolute atomic E-state index is 13.1. The lowest BCUT2D eigenvalue weighted by molar-refractivity contribution is 0.196. The van der Waals surface area contributed by atoms with Crippen LogP contribution in [-0.2, 0) is 0 Å². The summed E-state index contributed by atoms with van der Waals surface area (Å²) in [6, 6.07) is 6.04. The van der Waals surface area contributed by atoms with Crippen LogP contribution in [-0.4, -0.2) is 15.1 Å². The Morgan fingerprint density at radius 1 is 1.29 bits per heavy atom. The number of rotatable bonds is 3. The van der Waals surface area contributed by atoms with Gasteiger partial charge in [-0.3, -0.25) is 0 Å². The second kappa shape index (κ2) is 5.25. The van der Waals surface area contributed by atoms with Crippen molar-refractivity contribution in [1.29, 1.82) is 0 Å². The van der Waals surface area contributed by atoms with Crippen molar-refractivity contribution in [2.24, 2.45) is 0 Å². The number of hydrogen-bond acceptors (Lipinski definition) is 4. The van der Waals surface area contributed by atoms with Crippen LogP contribution in [0.2, 0.25) is 0 Å². The fourth-order valence-corrected chi connectivity index (χ4v) is 2.28. The number of aliphatic hydroxyl groups excluding tert-OH is 1. The summed E-state index contributed by atoms with van der Waals surface area (Å²) < 4.78 is 13.1. The van der Waals surface area contributed by atoms with Crippen molar-refractivity contribution in [2.75, 3.05) is 0 Å². The molecule has 0 aliphatic heterocycles. The van der Waals surface area contributed by atoms with Gasteiger partial charge < -0.3 is 5.11 Å². The summed E-state index contributed by atoms with van der Waals surface area (Å²) in [7, 11) is 0. The van der Waals surface area contributed by atoms with Crippen LogP contribution in [0.3, 0.4) is 0 Å². The molecule has 3 nitrogen and oxygen atoms in total. The molecule has 1 heterocycles. The Balaban J connectivity index is 2.33. The van der Waals surface area contributed by atoms with Crippen molar-refractivity contribution in [3.63, 3.8) is 0 Å². The third kappa shape index (κ3) is 3.01. The van der Waals surface area contributed by atoms with Gasteiger partial charge >= 0.3 is 0 Å². The van der Waals surface area contributed by atoms with Crippen molar-refractivity contribution < 1.29 is 9.50 Å². The van der Waals surface area contributed by atoms with Gasteiger partial charge in [-0.2, -0.15) is 0 Å². The molecule has 0 fully saturated rings. The molecule has 0 spiro atoms. The minimum atomic E-state index is -0.725. The Morgan fingerprint density at radius 2 is 2.00 bits per heavy atom. The number of aromatic nitrogens is 2. The first-order valence-corrected chi connectivity index (χ1v) is 5.91. The molecule has 1 aromatic heterocycles. The molecule has 0 bridgehead atoms. The number of benzene rings is 1. The van der Waals surface area contributed by atoms with Gasteiger partial charge in [-0.05, 0) is 48.5 Å². The van der Waals surface area contributed by atoms with Crippen molar-refractivity contribution in [3.05, 3.63) is 48.0 Å². The lowest BCUT2D eigenvalue weighted by Gasteiger charge is -2.10. The first-order chi connectivity index (χ1) is 8.16. The predicted molar refractivity (Wildman–Crippen MR) is 63.2 cm³/mol. The van der Waals surface area contributed by atoms with Crippen LogP contribution < -0.4 is 0 Å². The van der Waals surface area contributed by atoms with E-state index in [1.54, 1.807) is 31.5 Å². The lowest BCUT2D eigenvalue weighted by Crippen LogP contribution is -1.96. The first kappa shape index (κ1) is 12.0. The normalized spacial score (nSPS) is 12.4. The predicted octanol–water partition coefficient (Wildman–Crippen LogP) is 2.82. The summed E-state index contributed by atoms with van der Waals surface area (Å²) in [6.45, 7) is 1.60. The zero-order valence-electron chi connectivity index (χ0n) is 9.17. The summed E-state index contributed by atoms with van der Waals surface area (Å²) in [4.78, 5) is 8.90. The molecule has 2 rings (SSSR count). The van der Waals surface area contributed by atoms with E-state index >= 15 is 0 Å². The van der Waals surface area contributed by atoms with Crippen LogP contribution in [0, 0.1) is 5.82 Å². The Hall–Kier alpha value is -1.46. The van der Waals surface area contributed by atoms with Crippen molar-refractivity contribution >= 4 is 11.8 Å². The number of nitrogens with zero attached hydrogens (tertiary/aromatic N) is 2. The molecule has 0 radical (unpaired) electrons. The van der Waals surface area contributed by atoms with E-state index in [-0.39, 0.29) is 5.82 Å². The van der Waals surface area contributed by atoms with Crippen LogP contribution >= 0.6 is 11.8 Å². The molecule has 2 aromatic rings. The minimum Gasteiger partial charge on any atom is -0.389 e. The highest BCUT2D eigenvalue weighted by atomic mass is 32.2. The van der Waals surface area contributed by atoms with Gasteiger partial charge in [0.05, 0.1) is 6.10 Å². The van der Waals surface area contributed by atoms with Crippen LogP contribution in [0.25, 0.3) is 0 Å². The SMILES string of the molecule is C[C@@H](O)c1cc(F)ccc1Sc1ncccn1. The maximum Gasteiger partial charge on any atom is 0.192 e. The topological polar surface area (TPSA) is 46.0 Å². The molecule has 5 heteroatoms. The molecule has 1 aromatic carbocycles. The van der Waals surface area contributed by atoms with Crippen LogP contribution in [0.15, 0.2) is 46.7 Å². The summed E-state index contributed by atoms with van der Waals surface area (Å²) in [5, 5.41) is 10.2. The average Bonchev–Trinajstić information content (AvgIpc) is 2.32. The number of hydrogen-bond donors (Lipinski definition) is 1. The fraction of sp³-hybridized carbons (Fsp3) is 0.167. The smallest absolute Gasteiger partial charge is 0.192 e. The third-order valence-electron chi connectivity index (χ3n) is 2.17. The van der Waals surface area contributed by atoms with Gasteiger partial charge in [0.1, 0.15) is 5.82 Å². The highest BCUT2D eigenvalue weighted by molar-refractivity contribution is 7.99. The van der Waals surface area contributed by atoms with Gasteiger partial charge in [0, 0.05) is 17.3 Å². The van der Waals surface area contributed by atoms with E-state index < -0.39 is 6.10 Å². The van der Waals surface area contributed by atoms with Gasteiger partial charge in [0.15, 0.2) is 5.16 Å². The second-order valence-corrected chi connectivity index (χ2v) is 4.50. The largest absolute Gasteiger partial charge is 0.389 e. The van der Waals surface area contributed by atoms with E-state index in [2.05, 4.69) is 9.97 Å². The Kier molecular flexibility index (Phi) is 3.71. The monoisotopic (exact) mass is 250 g/mol. The summed E-state index contributed by atoms with van der Waals surface area (Å²) in [5.41, 5.74) is 0.544. The standard InChI is InChI=1S/C12H11FN2OS/c1-8(16)10-7-9(13)3-4-11(10)17-12-14-5-2-6-15-12/h2-8,16H,1H3/t8-/m1/s1. The van der Waals surface area contributed by atoms with Gasteiger partial charge in [-0.1, -0.05) is 0 Å². The molecule has 0 amide bonds. The van der Waals surface area contributed by atoms with Crippen molar-refractivity contribution in [2.45, 2.75) is 23.1 Å². The van der Waals surface area contributed by atoms with E-state index in [9.17, 15) is 9.50 Å². The zero-order chi connectivity index (χ0) is 12.3. The molecule has 1 atom stereocenters. The van der Waals surface area contributed by atoms with Gasteiger partial charge in [0.2, 0.25) is 0 Å². The Bertz CT molecular complexity index is 505. The van der Waals surface area contributed by atoms with E-state index in [1.165, 1.54) is 23.9 Å². The van der Waals surface area contributed by atoms with E-state index in [0.717, 1.165) is 4.90 Å². The quantitative estimate of drug-likeness (QED) is 0.851. The van der Waals surface area contributed by atoms with E-state index in [0.29, 0.717) is 10.7 Å². The highest BCUT2D eigenvalue weighted by Crippen LogP contribution is 2.31. The van der Waals surface area contributed by atoms with Gasteiger partial charge in [-0.25, -0.2) is 14.4 Å². The summed E-state index contributed by atoms with van der Waals surface area (Å²) in [5.74, 6) is -0.362. The molecule has 88 valence electrons. The summed E-state index contributed by atoms with van der Waals surface area (Å²) in [6.07, 6.45) is 2.55. The van der Waals surface area contributed by atoms with E-state index in [4.69, 9.17) is 0 Å².